The average molecular weight is 594 g/mol. The highest BCUT2D eigenvalue weighted by Crippen LogP contribution is 2.46. The highest BCUT2D eigenvalue weighted by atomic mass is 35.5. The van der Waals surface area contributed by atoms with Crippen molar-refractivity contribution in [2.24, 2.45) is 0 Å². The minimum Gasteiger partial charge on any atom is -0.313 e. The number of fused-ring (bicyclic) bond motifs is 2. The number of halogens is 1. The van der Waals surface area contributed by atoms with E-state index >= 15 is 0 Å². The van der Waals surface area contributed by atoms with Gasteiger partial charge in [-0.1, -0.05) is 84.9 Å². The van der Waals surface area contributed by atoms with Gasteiger partial charge in [-0.25, -0.2) is 4.98 Å². The Morgan fingerprint density at radius 3 is 2.24 bits per heavy atom. The van der Waals surface area contributed by atoms with Crippen LogP contribution < -0.4 is 5.32 Å². The van der Waals surface area contributed by atoms with E-state index in [-0.39, 0.29) is 18.3 Å². The second-order valence-electron chi connectivity index (χ2n) is 10.0. The second-order valence-corrected chi connectivity index (χ2v) is 12.2. The van der Waals surface area contributed by atoms with E-state index in [9.17, 15) is 4.79 Å². The molecule has 0 unspecified atom stereocenters. The Morgan fingerprint density at radius 1 is 0.805 bits per heavy atom. The van der Waals surface area contributed by atoms with Crippen molar-refractivity contribution >= 4 is 56.2 Å². The van der Waals surface area contributed by atoms with Crippen molar-refractivity contribution in [3.63, 3.8) is 0 Å². The van der Waals surface area contributed by atoms with Crippen molar-refractivity contribution in [2.75, 3.05) is 11.9 Å². The average Bonchev–Trinajstić information content (AvgIpc) is 3.58. The summed E-state index contributed by atoms with van der Waals surface area (Å²) in [7, 11) is 0. The van der Waals surface area contributed by atoms with Crippen LogP contribution >= 0.6 is 35.1 Å². The number of amides is 1. The number of thiazole rings is 1. The molecule has 6 aromatic rings. The Hall–Kier alpha value is -3.81. The summed E-state index contributed by atoms with van der Waals surface area (Å²) in [6.45, 7) is 2.77. The van der Waals surface area contributed by atoms with Gasteiger partial charge >= 0.3 is 0 Å². The zero-order valence-electron chi connectivity index (χ0n) is 22.2. The molecule has 0 bridgehead atoms. The summed E-state index contributed by atoms with van der Waals surface area (Å²) in [6.07, 6.45) is 0.936. The molecule has 0 radical (unpaired) electrons. The van der Waals surface area contributed by atoms with Gasteiger partial charge in [-0.15, -0.1) is 35.1 Å². The number of aromatic nitrogens is 1. The summed E-state index contributed by atoms with van der Waals surface area (Å²) in [6, 6.07) is 36.9. The van der Waals surface area contributed by atoms with E-state index in [1.165, 1.54) is 16.0 Å². The Bertz CT molecular complexity index is 1760. The lowest BCUT2D eigenvalue weighted by Crippen LogP contribution is -2.29. The molecule has 1 amide bonds. The number of hydrogen-bond acceptors (Lipinski definition) is 5. The number of carbonyl (C=O) groups is 1. The van der Waals surface area contributed by atoms with Crippen LogP contribution in [0.3, 0.4) is 0 Å². The molecule has 4 nitrogen and oxygen atoms in total. The van der Waals surface area contributed by atoms with E-state index in [1.54, 1.807) is 22.7 Å². The summed E-state index contributed by atoms with van der Waals surface area (Å²) in [5.74, 6) is -0.0956. The molecule has 0 saturated carbocycles. The molecule has 204 valence electrons. The number of para-hydroxylation sites is 1. The first-order chi connectivity index (χ1) is 19.7. The standard InChI is InChI=1S/C34H27N3OS2.ClH/c38-32(26-17-15-25(16-18-26)24-11-5-2-6-12-24)36-34-31(33-35-28-13-7-8-14-29(28)39-33)27-19-20-37(22-30(27)40-34)21-23-9-3-1-4-10-23;/h1-18H,19-22H2,(H,36,38);1H. The first-order valence-electron chi connectivity index (χ1n) is 13.4. The van der Waals surface area contributed by atoms with Crippen molar-refractivity contribution in [3.05, 3.63) is 131 Å². The van der Waals surface area contributed by atoms with Gasteiger partial charge in [0.25, 0.3) is 5.91 Å². The molecule has 7 heteroatoms. The summed E-state index contributed by atoms with van der Waals surface area (Å²) < 4.78 is 1.16. The van der Waals surface area contributed by atoms with Gasteiger partial charge in [0.15, 0.2) is 0 Å². The van der Waals surface area contributed by atoms with Crippen LogP contribution in [0.5, 0.6) is 0 Å². The Balaban J connectivity index is 0.00000302. The lowest BCUT2D eigenvalue weighted by Gasteiger charge is -2.27. The van der Waals surface area contributed by atoms with Gasteiger partial charge in [-0.2, -0.15) is 0 Å². The van der Waals surface area contributed by atoms with E-state index in [1.807, 2.05) is 48.5 Å². The van der Waals surface area contributed by atoms with Crippen LogP contribution in [0.1, 0.15) is 26.4 Å². The fraction of sp³-hybridized carbons (Fsp3) is 0.118. The van der Waals surface area contributed by atoms with Gasteiger partial charge in [0.2, 0.25) is 0 Å². The van der Waals surface area contributed by atoms with Crippen LogP contribution in [0.2, 0.25) is 0 Å². The van der Waals surface area contributed by atoms with Gasteiger partial charge in [-0.05, 0) is 52.9 Å². The number of hydrogen-bond donors (Lipinski definition) is 1. The smallest absolute Gasteiger partial charge is 0.256 e. The summed E-state index contributed by atoms with van der Waals surface area (Å²) >= 11 is 3.40. The van der Waals surface area contributed by atoms with Crippen LogP contribution in [0.25, 0.3) is 31.9 Å². The molecule has 0 aliphatic carbocycles. The SMILES string of the molecule is Cl.O=C(Nc1sc2c(c1-c1nc3ccccc3s1)CCN(Cc1ccccc1)C2)c1ccc(-c2ccccc2)cc1. The van der Waals surface area contributed by atoms with Crippen LogP contribution in [-0.2, 0) is 19.5 Å². The third kappa shape index (κ3) is 5.69. The maximum atomic E-state index is 13.5. The predicted molar refractivity (Wildman–Crippen MR) is 174 cm³/mol. The highest BCUT2D eigenvalue weighted by Gasteiger charge is 2.28. The molecule has 1 N–H and O–H groups in total. The third-order valence-corrected chi connectivity index (χ3v) is 9.56. The number of anilines is 1. The molecule has 2 aromatic heterocycles. The molecular formula is C34H28ClN3OS2. The van der Waals surface area contributed by atoms with E-state index in [4.69, 9.17) is 4.98 Å². The quantitative estimate of drug-likeness (QED) is 0.210. The molecule has 0 fully saturated rings. The van der Waals surface area contributed by atoms with E-state index in [0.717, 1.165) is 63.0 Å². The summed E-state index contributed by atoms with van der Waals surface area (Å²) in [5.41, 5.74) is 7.61. The minimum absolute atomic E-state index is 0. The first-order valence-corrected chi connectivity index (χ1v) is 15.1. The van der Waals surface area contributed by atoms with Crippen molar-refractivity contribution in [2.45, 2.75) is 19.5 Å². The number of benzene rings is 4. The predicted octanol–water partition coefficient (Wildman–Crippen LogP) is 8.92. The Morgan fingerprint density at radius 2 is 1.49 bits per heavy atom. The first kappa shape index (κ1) is 27.4. The van der Waals surface area contributed by atoms with Gasteiger partial charge in [0.05, 0.1) is 10.2 Å². The van der Waals surface area contributed by atoms with Crippen LogP contribution in [0.4, 0.5) is 5.00 Å². The van der Waals surface area contributed by atoms with E-state index in [2.05, 4.69) is 70.9 Å². The lowest BCUT2D eigenvalue weighted by molar-refractivity contribution is 0.102. The molecular weight excluding hydrogens is 566 g/mol. The number of carbonyl (C=O) groups excluding carboxylic acids is 1. The lowest BCUT2D eigenvalue weighted by atomic mass is 10.0. The monoisotopic (exact) mass is 593 g/mol. The zero-order valence-corrected chi connectivity index (χ0v) is 24.7. The topological polar surface area (TPSA) is 45.2 Å². The second kappa shape index (κ2) is 12.0. The molecule has 0 spiro atoms. The summed E-state index contributed by atoms with van der Waals surface area (Å²) in [4.78, 5) is 22.3. The number of nitrogens with zero attached hydrogens (tertiary/aromatic N) is 2. The molecule has 1 aliphatic heterocycles. The van der Waals surface area contributed by atoms with Crippen molar-refractivity contribution in [1.82, 2.24) is 9.88 Å². The van der Waals surface area contributed by atoms with E-state index in [0.29, 0.717) is 5.56 Å². The number of rotatable bonds is 6. The molecule has 4 aromatic carbocycles. The Kier molecular flexibility index (Phi) is 7.99. The van der Waals surface area contributed by atoms with Crippen molar-refractivity contribution in [1.29, 1.82) is 0 Å². The fourth-order valence-electron chi connectivity index (χ4n) is 5.35. The van der Waals surface area contributed by atoms with Crippen molar-refractivity contribution < 1.29 is 4.79 Å². The number of thiophene rings is 1. The molecule has 0 saturated heterocycles. The van der Waals surface area contributed by atoms with Crippen LogP contribution in [-0.4, -0.2) is 22.3 Å². The molecule has 7 rings (SSSR count). The fourth-order valence-corrected chi connectivity index (χ4v) is 7.74. The maximum absolute atomic E-state index is 13.5. The van der Waals surface area contributed by atoms with Gasteiger partial charge in [0.1, 0.15) is 10.0 Å². The highest BCUT2D eigenvalue weighted by molar-refractivity contribution is 7.23. The molecule has 0 atom stereocenters. The minimum atomic E-state index is -0.0956. The van der Waals surface area contributed by atoms with Crippen molar-refractivity contribution in [3.8, 4) is 21.7 Å². The third-order valence-electron chi connectivity index (χ3n) is 7.37. The van der Waals surface area contributed by atoms with Crippen LogP contribution in [0, 0.1) is 0 Å². The molecule has 1 aliphatic rings. The largest absolute Gasteiger partial charge is 0.313 e. The summed E-state index contributed by atoms with van der Waals surface area (Å²) in [5, 5.41) is 5.15. The Labute approximate surface area is 253 Å². The van der Waals surface area contributed by atoms with Gasteiger partial charge in [0, 0.05) is 35.6 Å². The maximum Gasteiger partial charge on any atom is 0.256 e. The number of nitrogens with one attached hydrogen (secondary N) is 1. The zero-order chi connectivity index (χ0) is 26.9. The van der Waals surface area contributed by atoms with Crippen LogP contribution in [0.15, 0.2) is 109 Å². The van der Waals surface area contributed by atoms with Gasteiger partial charge in [-0.3, -0.25) is 9.69 Å². The van der Waals surface area contributed by atoms with E-state index < -0.39 is 0 Å². The van der Waals surface area contributed by atoms with Gasteiger partial charge < -0.3 is 5.32 Å². The normalized spacial score (nSPS) is 13.0. The molecule has 3 heterocycles. The molecule has 41 heavy (non-hydrogen) atoms.